The predicted octanol–water partition coefficient (Wildman–Crippen LogP) is 2.38. The number of ether oxygens (including phenoxy) is 1. The first-order chi connectivity index (χ1) is 11.7. The number of nitrogens with one attached hydrogen (secondary N) is 1. The van der Waals surface area contributed by atoms with Crippen LogP contribution in [0.4, 0.5) is 0 Å². The Morgan fingerprint density at radius 1 is 1.38 bits per heavy atom. The average molecular weight is 325 g/mol. The van der Waals surface area contributed by atoms with Crippen molar-refractivity contribution >= 4 is 5.91 Å². The van der Waals surface area contributed by atoms with Crippen LogP contribution in [0.2, 0.25) is 0 Å². The molecule has 1 saturated heterocycles. The first kappa shape index (κ1) is 15.4. The third kappa shape index (κ3) is 2.84. The second kappa shape index (κ2) is 6.40. The van der Waals surface area contributed by atoms with E-state index in [4.69, 9.17) is 4.74 Å². The van der Waals surface area contributed by atoms with Gasteiger partial charge in [0.1, 0.15) is 0 Å². The van der Waals surface area contributed by atoms with E-state index in [0.29, 0.717) is 24.6 Å². The Morgan fingerprint density at radius 2 is 2.25 bits per heavy atom. The molecule has 0 unspecified atom stereocenters. The summed E-state index contributed by atoms with van der Waals surface area (Å²) in [5.41, 5.74) is 4.37. The highest BCUT2D eigenvalue weighted by molar-refractivity contribution is 5.95. The van der Waals surface area contributed by atoms with Gasteiger partial charge in [-0.05, 0) is 30.4 Å². The van der Waals surface area contributed by atoms with Gasteiger partial charge in [0, 0.05) is 38.2 Å². The van der Waals surface area contributed by atoms with E-state index < -0.39 is 0 Å². The minimum Gasteiger partial charge on any atom is -0.381 e. The summed E-state index contributed by atoms with van der Waals surface area (Å²) in [6.45, 7) is 2.10. The summed E-state index contributed by atoms with van der Waals surface area (Å²) < 4.78 is 7.18. The molecule has 2 aromatic rings. The molecular weight excluding hydrogens is 302 g/mol. The minimum absolute atomic E-state index is 0.0191. The van der Waals surface area contributed by atoms with Crippen molar-refractivity contribution < 1.29 is 9.53 Å². The van der Waals surface area contributed by atoms with E-state index in [0.717, 1.165) is 31.6 Å². The Labute approximate surface area is 142 Å². The first-order valence-electron chi connectivity index (χ1n) is 8.69. The lowest BCUT2D eigenvalue weighted by atomic mass is 9.99. The van der Waals surface area contributed by atoms with Crippen LogP contribution in [0.25, 0.3) is 0 Å². The van der Waals surface area contributed by atoms with Crippen molar-refractivity contribution in [1.29, 1.82) is 0 Å². The molecule has 2 aliphatic rings. The lowest BCUT2D eigenvalue weighted by molar-refractivity contribution is 0.0949. The van der Waals surface area contributed by atoms with E-state index in [1.165, 1.54) is 11.1 Å². The van der Waals surface area contributed by atoms with Crippen LogP contribution in [0.5, 0.6) is 0 Å². The van der Waals surface area contributed by atoms with Gasteiger partial charge in [-0.3, -0.25) is 9.48 Å². The van der Waals surface area contributed by atoms with Crippen LogP contribution in [0.3, 0.4) is 0 Å². The Kier molecular flexibility index (Phi) is 4.10. The fourth-order valence-electron chi connectivity index (χ4n) is 3.90. The van der Waals surface area contributed by atoms with Gasteiger partial charge in [0.25, 0.3) is 5.91 Å². The molecule has 2 heterocycles. The molecular formula is C19H23N3O2. The molecule has 1 fully saturated rings. The molecule has 1 aliphatic heterocycles. The fraction of sp³-hybridized carbons (Fsp3) is 0.474. The highest BCUT2D eigenvalue weighted by atomic mass is 16.5. The van der Waals surface area contributed by atoms with Gasteiger partial charge in [-0.1, -0.05) is 24.3 Å². The zero-order valence-corrected chi connectivity index (χ0v) is 14.0. The zero-order valence-electron chi connectivity index (χ0n) is 14.0. The van der Waals surface area contributed by atoms with Crippen molar-refractivity contribution in [3.8, 4) is 0 Å². The van der Waals surface area contributed by atoms with E-state index >= 15 is 0 Å². The molecule has 0 spiro atoms. The normalized spacial score (nSPS) is 22.5. The number of carbonyl (C=O) groups is 1. The number of hydrogen-bond donors (Lipinski definition) is 1. The molecule has 0 radical (unpaired) electrons. The monoisotopic (exact) mass is 325 g/mol. The van der Waals surface area contributed by atoms with Gasteiger partial charge in [-0.2, -0.15) is 5.10 Å². The van der Waals surface area contributed by atoms with Crippen molar-refractivity contribution in [2.75, 3.05) is 19.8 Å². The van der Waals surface area contributed by atoms with E-state index in [9.17, 15) is 4.79 Å². The van der Waals surface area contributed by atoms with Gasteiger partial charge in [-0.15, -0.1) is 0 Å². The summed E-state index contributed by atoms with van der Waals surface area (Å²) in [6.07, 6.45) is 4.98. The number of benzene rings is 1. The van der Waals surface area contributed by atoms with Crippen LogP contribution in [0.1, 0.15) is 51.9 Å². The number of fused-ring (bicyclic) bond motifs is 1. The largest absolute Gasteiger partial charge is 0.381 e. The van der Waals surface area contributed by atoms with E-state index in [2.05, 4.69) is 34.7 Å². The predicted molar refractivity (Wildman–Crippen MR) is 91.2 cm³/mol. The summed E-state index contributed by atoms with van der Waals surface area (Å²) in [4.78, 5) is 12.7. The number of rotatable bonds is 4. The molecule has 0 bridgehead atoms. The van der Waals surface area contributed by atoms with E-state index in [1.807, 2.05) is 13.2 Å². The second-order valence-corrected chi connectivity index (χ2v) is 6.81. The van der Waals surface area contributed by atoms with Crippen molar-refractivity contribution in [1.82, 2.24) is 15.1 Å². The van der Waals surface area contributed by atoms with Crippen LogP contribution in [0, 0.1) is 0 Å². The minimum atomic E-state index is -0.0191. The van der Waals surface area contributed by atoms with Gasteiger partial charge in [0.05, 0.1) is 17.9 Å². The van der Waals surface area contributed by atoms with Crippen LogP contribution in [-0.4, -0.2) is 35.4 Å². The molecule has 1 amide bonds. The van der Waals surface area contributed by atoms with Crippen molar-refractivity contribution in [2.24, 2.45) is 7.05 Å². The zero-order chi connectivity index (χ0) is 16.5. The number of hydrogen-bond acceptors (Lipinski definition) is 3. The van der Waals surface area contributed by atoms with Gasteiger partial charge in [-0.25, -0.2) is 0 Å². The molecule has 5 heteroatoms. The molecule has 0 saturated carbocycles. The van der Waals surface area contributed by atoms with Gasteiger partial charge >= 0.3 is 0 Å². The summed E-state index contributed by atoms with van der Waals surface area (Å²) in [5, 5.41) is 7.63. The highest BCUT2D eigenvalue weighted by Crippen LogP contribution is 2.32. The van der Waals surface area contributed by atoms with Crippen LogP contribution in [0.15, 0.2) is 30.5 Å². The maximum Gasteiger partial charge on any atom is 0.254 e. The Morgan fingerprint density at radius 3 is 3.08 bits per heavy atom. The van der Waals surface area contributed by atoms with Crippen molar-refractivity contribution in [2.45, 2.75) is 31.1 Å². The fourth-order valence-corrected chi connectivity index (χ4v) is 3.90. The molecule has 24 heavy (non-hydrogen) atoms. The molecule has 126 valence electrons. The summed E-state index contributed by atoms with van der Waals surface area (Å²) in [7, 11) is 1.86. The molecule has 2 atom stereocenters. The lowest BCUT2D eigenvalue weighted by Gasteiger charge is -2.13. The smallest absolute Gasteiger partial charge is 0.254 e. The number of amides is 1. The third-order valence-corrected chi connectivity index (χ3v) is 5.18. The topological polar surface area (TPSA) is 56.2 Å². The van der Waals surface area contributed by atoms with Crippen LogP contribution >= 0.6 is 0 Å². The number of carbonyl (C=O) groups excluding carboxylic acids is 1. The van der Waals surface area contributed by atoms with Crippen molar-refractivity contribution in [3.05, 3.63) is 52.8 Å². The molecule has 4 rings (SSSR count). The Hall–Kier alpha value is -2.14. The maximum absolute atomic E-state index is 12.7. The average Bonchev–Trinajstić information content (AvgIpc) is 3.32. The maximum atomic E-state index is 12.7. The SMILES string of the molecule is Cn1cc(C(=O)NC[C@H]2CCc3ccccc32)c([C@H]2CCOC2)n1. The second-order valence-electron chi connectivity index (χ2n) is 6.81. The number of aromatic nitrogens is 2. The van der Waals surface area contributed by atoms with Gasteiger partial charge in [0.15, 0.2) is 0 Å². The molecule has 1 N–H and O–H groups in total. The summed E-state index contributed by atoms with van der Waals surface area (Å²) in [5.74, 6) is 0.633. The molecule has 1 aromatic heterocycles. The van der Waals surface area contributed by atoms with Crippen molar-refractivity contribution in [3.63, 3.8) is 0 Å². The molecule has 1 aliphatic carbocycles. The quantitative estimate of drug-likeness (QED) is 0.939. The van der Waals surface area contributed by atoms with Gasteiger partial charge in [0.2, 0.25) is 0 Å². The Bertz CT molecular complexity index is 747. The summed E-state index contributed by atoms with van der Waals surface area (Å²) in [6, 6.07) is 8.55. The van der Waals surface area contributed by atoms with Crippen LogP contribution < -0.4 is 5.32 Å². The van der Waals surface area contributed by atoms with E-state index in [1.54, 1.807) is 4.68 Å². The Balaban J connectivity index is 1.46. The van der Waals surface area contributed by atoms with E-state index in [-0.39, 0.29) is 11.8 Å². The highest BCUT2D eigenvalue weighted by Gasteiger charge is 2.28. The van der Waals surface area contributed by atoms with Gasteiger partial charge < -0.3 is 10.1 Å². The standard InChI is InChI=1S/C19H23N3O2/c1-22-11-17(18(21-22)15-8-9-24-12-15)19(23)20-10-14-7-6-13-4-2-3-5-16(13)14/h2-5,11,14-15H,6-10,12H2,1H3,(H,20,23)/t14-,15+/m1/s1. The summed E-state index contributed by atoms with van der Waals surface area (Å²) >= 11 is 0. The van der Waals surface area contributed by atoms with Crippen LogP contribution in [-0.2, 0) is 18.2 Å². The third-order valence-electron chi connectivity index (χ3n) is 5.18. The lowest BCUT2D eigenvalue weighted by Crippen LogP contribution is -2.28. The number of aryl methyl sites for hydroxylation is 2. The molecule has 5 nitrogen and oxygen atoms in total. The number of nitrogens with zero attached hydrogens (tertiary/aromatic N) is 2. The molecule has 1 aromatic carbocycles. The first-order valence-corrected chi connectivity index (χ1v) is 8.69.